The molecule has 3 N–H and O–H groups in total. The van der Waals surface area contributed by atoms with Crippen molar-refractivity contribution in [2.75, 3.05) is 11.9 Å². The van der Waals surface area contributed by atoms with E-state index in [-0.39, 0.29) is 24.5 Å². The number of carboxylic acid groups (broad SMARTS) is 1. The third-order valence-electron chi connectivity index (χ3n) is 2.81. The molecule has 0 saturated carbocycles. The zero-order valence-electron chi connectivity index (χ0n) is 13.0. The summed E-state index contributed by atoms with van der Waals surface area (Å²) in [5.74, 6) is -1.35. The molecule has 1 aromatic heterocycles. The summed E-state index contributed by atoms with van der Waals surface area (Å²) >= 11 is 0.960. The fourth-order valence-electron chi connectivity index (χ4n) is 1.80. The van der Waals surface area contributed by atoms with Crippen molar-refractivity contribution in [3.05, 3.63) is 24.3 Å². The lowest BCUT2D eigenvalue weighted by atomic mass is 10.2. The third-order valence-corrected chi connectivity index (χ3v) is 3.70. The minimum Gasteiger partial charge on any atom is -0.481 e. The van der Waals surface area contributed by atoms with Crippen molar-refractivity contribution in [2.24, 2.45) is 0 Å². The van der Waals surface area contributed by atoms with Crippen LogP contribution in [0.1, 0.15) is 12.8 Å². The Morgan fingerprint density at radius 2 is 2.04 bits per heavy atom. The van der Waals surface area contributed by atoms with Crippen LogP contribution in [-0.2, 0) is 4.79 Å². The molecule has 0 fully saturated rings. The number of halogens is 3. The van der Waals surface area contributed by atoms with Crippen LogP contribution in [0, 0.1) is 0 Å². The summed E-state index contributed by atoms with van der Waals surface area (Å²) in [5.41, 5.74) is 0.346. The van der Waals surface area contributed by atoms with Crippen LogP contribution in [0.3, 0.4) is 0 Å². The molecule has 0 radical (unpaired) electrons. The lowest BCUT2D eigenvalue weighted by Crippen LogP contribution is -2.29. The van der Waals surface area contributed by atoms with Gasteiger partial charge in [-0.1, -0.05) is 23.5 Å². The fourth-order valence-corrected chi connectivity index (χ4v) is 2.53. The van der Waals surface area contributed by atoms with Crippen LogP contribution in [0.25, 0.3) is 10.6 Å². The molecule has 12 heteroatoms. The number of nitrogens with one attached hydrogen (secondary N) is 2. The average molecular weight is 390 g/mol. The van der Waals surface area contributed by atoms with Crippen LogP contribution in [0.15, 0.2) is 24.3 Å². The van der Waals surface area contributed by atoms with Gasteiger partial charge in [0.25, 0.3) is 0 Å². The topological polar surface area (TPSA) is 113 Å². The minimum atomic E-state index is -4.80. The Kier molecular flexibility index (Phi) is 6.33. The predicted octanol–water partition coefficient (Wildman–Crippen LogP) is 3.09. The number of aliphatic carboxylic acids is 1. The maximum absolute atomic E-state index is 12.3. The second-order valence-electron chi connectivity index (χ2n) is 4.87. The molecule has 0 saturated heterocycles. The number of alkyl halides is 3. The van der Waals surface area contributed by atoms with Gasteiger partial charge >= 0.3 is 18.4 Å². The van der Waals surface area contributed by atoms with Gasteiger partial charge in [-0.15, -0.1) is 23.4 Å². The third kappa shape index (κ3) is 6.55. The summed E-state index contributed by atoms with van der Waals surface area (Å²) in [6.45, 7) is 0.167. The SMILES string of the molecule is O=C(O)CCCNC(=O)Nc1nnc(-c2cccc(OC(F)(F)F)c2)s1. The molecule has 8 nitrogen and oxygen atoms in total. The first-order valence-corrected chi connectivity index (χ1v) is 8.01. The van der Waals surface area contributed by atoms with E-state index < -0.39 is 24.1 Å². The summed E-state index contributed by atoms with van der Waals surface area (Å²) in [7, 11) is 0. The number of benzene rings is 1. The van der Waals surface area contributed by atoms with E-state index in [1.807, 2.05) is 0 Å². The number of carbonyl (C=O) groups excluding carboxylic acids is 1. The molecule has 0 aliphatic carbocycles. The lowest BCUT2D eigenvalue weighted by Gasteiger charge is -2.08. The number of hydrogen-bond donors (Lipinski definition) is 3. The minimum absolute atomic E-state index is 0.0699. The van der Waals surface area contributed by atoms with Gasteiger partial charge in [0.05, 0.1) is 0 Å². The number of anilines is 1. The van der Waals surface area contributed by atoms with E-state index in [9.17, 15) is 22.8 Å². The van der Waals surface area contributed by atoms with Gasteiger partial charge in [-0.05, 0) is 18.6 Å². The van der Waals surface area contributed by atoms with E-state index in [2.05, 4.69) is 25.6 Å². The second kappa shape index (κ2) is 8.47. The first kappa shape index (κ1) is 19.4. The van der Waals surface area contributed by atoms with Crippen molar-refractivity contribution in [1.82, 2.24) is 15.5 Å². The summed E-state index contributed by atoms with van der Waals surface area (Å²) in [6, 6.07) is 4.62. The van der Waals surface area contributed by atoms with Gasteiger partial charge in [0.1, 0.15) is 10.8 Å². The Bertz CT molecular complexity index is 782. The molecular formula is C14H13F3N4O4S. The van der Waals surface area contributed by atoms with Crippen molar-refractivity contribution in [1.29, 1.82) is 0 Å². The van der Waals surface area contributed by atoms with Gasteiger partial charge in [0, 0.05) is 18.5 Å². The van der Waals surface area contributed by atoms with Gasteiger partial charge in [0.2, 0.25) is 5.13 Å². The second-order valence-corrected chi connectivity index (χ2v) is 5.84. The van der Waals surface area contributed by atoms with Crippen LogP contribution in [-0.4, -0.2) is 40.2 Å². The van der Waals surface area contributed by atoms with Crippen molar-refractivity contribution >= 4 is 28.5 Å². The Labute approximate surface area is 149 Å². The standard InChI is InChI=1S/C14H13F3N4O4S/c15-14(16,17)25-9-4-1-3-8(7-9)11-20-21-13(26-11)19-12(24)18-6-2-5-10(22)23/h1,3-4,7H,2,5-6H2,(H,22,23)(H2,18,19,21,24). The Balaban J connectivity index is 1.94. The van der Waals surface area contributed by atoms with Gasteiger partial charge in [-0.25, -0.2) is 4.79 Å². The normalized spacial score (nSPS) is 11.0. The predicted molar refractivity (Wildman–Crippen MR) is 85.9 cm³/mol. The van der Waals surface area contributed by atoms with Crippen molar-refractivity contribution < 1.29 is 32.6 Å². The molecule has 2 aromatic rings. The quantitative estimate of drug-likeness (QED) is 0.626. The molecule has 26 heavy (non-hydrogen) atoms. The van der Waals surface area contributed by atoms with E-state index in [0.717, 1.165) is 23.5 Å². The molecule has 2 rings (SSSR count). The number of rotatable bonds is 7. The zero-order valence-corrected chi connectivity index (χ0v) is 13.9. The largest absolute Gasteiger partial charge is 0.573 e. The molecular weight excluding hydrogens is 377 g/mol. The number of amides is 2. The average Bonchev–Trinajstić information content (AvgIpc) is 2.98. The molecule has 0 atom stereocenters. The van der Waals surface area contributed by atoms with Gasteiger partial charge < -0.3 is 15.2 Å². The van der Waals surface area contributed by atoms with E-state index in [0.29, 0.717) is 10.6 Å². The molecule has 1 aromatic carbocycles. The monoisotopic (exact) mass is 390 g/mol. The first-order chi connectivity index (χ1) is 12.2. The number of aromatic nitrogens is 2. The van der Waals surface area contributed by atoms with E-state index in [1.54, 1.807) is 0 Å². The molecule has 0 aliphatic rings. The van der Waals surface area contributed by atoms with E-state index >= 15 is 0 Å². The van der Waals surface area contributed by atoms with Gasteiger partial charge in [0.15, 0.2) is 0 Å². The van der Waals surface area contributed by atoms with E-state index in [4.69, 9.17) is 5.11 Å². The Hall–Kier alpha value is -2.89. The number of ether oxygens (including phenoxy) is 1. The maximum Gasteiger partial charge on any atom is 0.573 e. The molecule has 2 amide bonds. The number of hydrogen-bond acceptors (Lipinski definition) is 6. The summed E-state index contributed by atoms with van der Waals surface area (Å²) in [6.07, 6.45) is -4.60. The number of nitrogens with zero attached hydrogens (tertiary/aromatic N) is 2. The summed E-state index contributed by atoms with van der Waals surface area (Å²) < 4.78 is 40.6. The van der Waals surface area contributed by atoms with Crippen LogP contribution >= 0.6 is 11.3 Å². The summed E-state index contributed by atoms with van der Waals surface area (Å²) in [4.78, 5) is 22.0. The highest BCUT2D eigenvalue weighted by Crippen LogP contribution is 2.30. The number of urea groups is 1. The molecule has 0 unspecified atom stereocenters. The molecule has 1 heterocycles. The molecule has 140 valence electrons. The summed E-state index contributed by atoms with van der Waals surface area (Å²) in [5, 5.41) is 21.3. The first-order valence-electron chi connectivity index (χ1n) is 7.19. The fraction of sp³-hybridized carbons (Fsp3) is 0.286. The lowest BCUT2D eigenvalue weighted by molar-refractivity contribution is -0.274. The van der Waals surface area contributed by atoms with Crippen molar-refractivity contribution in [2.45, 2.75) is 19.2 Å². The Morgan fingerprint density at radius 1 is 1.27 bits per heavy atom. The van der Waals surface area contributed by atoms with Crippen LogP contribution in [0.5, 0.6) is 5.75 Å². The van der Waals surface area contributed by atoms with Crippen LogP contribution in [0.2, 0.25) is 0 Å². The highest BCUT2D eigenvalue weighted by atomic mass is 32.1. The molecule has 0 spiro atoms. The van der Waals surface area contributed by atoms with Gasteiger partial charge in [-0.2, -0.15) is 0 Å². The molecule has 0 aliphatic heterocycles. The number of carbonyl (C=O) groups is 2. The van der Waals surface area contributed by atoms with Crippen molar-refractivity contribution in [3.8, 4) is 16.3 Å². The van der Waals surface area contributed by atoms with E-state index in [1.165, 1.54) is 12.1 Å². The highest BCUT2D eigenvalue weighted by molar-refractivity contribution is 7.18. The highest BCUT2D eigenvalue weighted by Gasteiger charge is 2.31. The molecule has 0 bridgehead atoms. The number of carboxylic acids is 1. The van der Waals surface area contributed by atoms with Crippen molar-refractivity contribution in [3.63, 3.8) is 0 Å². The van der Waals surface area contributed by atoms with Crippen LogP contribution in [0.4, 0.5) is 23.1 Å². The Morgan fingerprint density at radius 3 is 2.73 bits per heavy atom. The maximum atomic E-state index is 12.3. The zero-order chi connectivity index (χ0) is 19.2. The smallest absolute Gasteiger partial charge is 0.481 e. The van der Waals surface area contributed by atoms with Gasteiger partial charge in [-0.3, -0.25) is 10.1 Å². The van der Waals surface area contributed by atoms with Crippen LogP contribution < -0.4 is 15.4 Å².